The van der Waals surface area contributed by atoms with Gasteiger partial charge in [0.2, 0.25) is 0 Å². The van der Waals surface area contributed by atoms with E-state index in [4.69, 9.17) is 21.1 Å². The van der Waals surface area contributed by atoms with Crippen molar-refractivity contribution in [2.75, 3.05) is 17.3 Å². The average molecular weight is 491 g/mol. The molecule has 3 aromatic rings. The summed E-state index contributed by atoms with van der Waals surface area (Å²) in [6, 6.07) is 18.8. The smallest absolute Gasteiger partial charge is 0.343 e. The Morgan fingerprint density at radius 1 is 0.857 bits per heavy atom. The van der Waals surface area contributed by atoms with Crippen LogP contribution in [0.2, 0.25) is 0 Å². The summed E-state index contributed by atoms with van der Waals surface area (Å²) >= 11 is 6.17. The third-order valence-corrected chi connectivity index (χ3v) is 5.55. The standard InChI is InChI=1S/C26H19ClN2O6/c1-15(30)16-8-12-20(13-9-16)35-26(33)17-6-10-18(11-7-17)28-23-22(27)24(31)29(25(23)32)19-4-3-5-21(14-19)34-2/h3-14,28H,1-2H3. The van der Waals surface area contributed by atoms with Crippen LogP contribution in [-0.4, -0.2) is 30.7 Å². The molecule has 35 heavy (non-hydrogen) atoms. The third-order valence-electron chi connectivity index (χ3n) is 5.20. The van der Waals surface area contributed by atoms with E-state index in [1.54, 1.807) is 48.5 Å². The number of nitrogens with zero attached hydrogens (tertiary/aromatic N) is 1. The van der Waals surface area contributed by atoms with E-state index in [9.17, 15) is 19.2 Å². The highest BCUT2D eigenvalue weighted by Gasteiger charge is 2.39. The molecule has 0 saturated carbocycles. The summed E-state index contributed by atoms with van der Waals surface area (Å²) in [5.74, 6) is -1.19. The lowest BCUT2D eigenvalue weighted by molar-refractivity contribution is -0.120. The zero-order valence-corrected chi connectivity index (χ0v) is 19.5. The summed E-state index contributed by atoms with van der Waals surface area (Å²) in [6.07, 6.45) is 0. The van der Waals surface area contributed by atoms with Crippen LogP contribution in [0.3, 0.4) is 0 Å². The second-order valence-corrected chi connectivity index (χ2v) is 7.89. The molecule has 176 valence electrons. The van der Waals surface area contributed by atoms with Crippen molar-refractivity contribution in [3.63, 3.8) is 0 Å². The number of carbonyl (C=O) groups excluding carboxylic acids is 4. The minimum Gasteiger partial charge on any atom is -0.497 e. The van der Waals surface area contributed by atoms with Crippen molar-refractivity contribution in [1.82, 2.24) is 0 Å². The first-order valence-corrected chi connectivity index (χ1v) is 10.8. The molecule has 9 heteroatoms. The van der Waals surface area contributed by atoms with Gasteiger partial charge in [0, 0.05) is 17.3 Å². The average Bonchev–Trinajstić information content (AvgIpc) is 3.07. The van der Waals surface area contributed by atoms with Crippen molar-refractivity contribution in [2.45, 2.75) is 6.92 Å². The summed E-state index contributed by atoms with van der Waals surface area (Å²) in [5, 5.41) is 2.60. The molecule has 2 amide bonds. The summed E-state index contributed by atoms with van der Waals surface area (Å²) in [7, 11) is 1.48. The van der Waals surface area contributed by atoms with Crippen LogP contribution in [0.4, 0.5) is 11.4 Å². The number of ether oxygens (including phenoxy) is 2. The lowest BCUT2D eigenvalue weighted by Crippen LogP contribution is -2.32. The van der Waals surface area contributed by atoms with Crippen molar-refractivity contribution in [3.05, 3.63) is 94.7 Å². The number of esters is 1. The number of methoxy groups -OCH3 is 1. The van der Waals surface area contributed by atoms with Gasteiger partial charge in [-0.3, -0.25) is 14.4 Å². The van der Waals surface area contributed by atoms with Gasteiger partial charge in [0.05, 0.1) is 18.4 Å². The highest BCUT2D eigenvalue weighted by Crippen LogP contribution is 2.31. The number of benzene rings is 3. The van der Waals surface area contributed by atoms with Gasteiger partial charge in [0.15, 0.2) is 5.78 Å². The zero-order chi connectivity index (χ0) is 25.1. The lowest BCUT2D eigenvalue weighted by Gasteiger charge is -2.16. The molecule has 0 spiro atoms. The largest absolute Gasteiger partial charge is 0.497 e. The number of rotatable bonds is 7. The summed E-state index contributed by atoms with van der Waals surface area (Å²) in [5.41, 5.74) is 1.45. The highest BCUT2D eigenvalue weighted by atomic mass is 35.5. The Morgan fingerprint density at radius 3 is 2.14 bits per heavy atom. The summed E-state index contributed by atoms with van der Waals surface area (Å²) in [4.78, 5) is 50.3. The van der Waals surface area contributed by atoms with E-state index in [1.807, 2.05) is 0 Å². The highest BCUT2D eigenvalue weighted by molar-refractivity contribution is 6.53. The second kappa shape index (κ2) is 9.82. The predicted octanol–water partition coefficient (Wildman–Crippen LogP) is 4.55. The Labute approximate surface area is 205 Å². The monoisotopic (exact) mass is 490 g/mol. The molecular formula is C26H19ClN2O6. The minimum absolute atomic E-state index is 0.0830. The number of ketones is 1. The zero-order valence-electron chi connectivity index (χ0n) is 18.7. The number of Topliss-reactive ketones (excluding diaryl/α,β-unsaturated/α-hetero) is 1. The number of hydrogen-bond donors (Lipinski definition) is 1. The quantitative estimate of drug-likeness (QED) is 0.224. The fourth-order valence-electron chi connectivity index (χ4n) is 3.35. The van der Waals surface area contributed by atoms with Crippen LogP contribution in [0.25, 0.3) is 0 Å². The second-order valence-electron chi connectivity index (χ2n) is 7.51. The number of hydrogen-bond acceptors (Lipinski definition) is 7. The topological polar surface area (TPSA) is 102 Å². The number of carbonyl (C=O) groups is 4. The first-order chi connectivity index (χ1) is 16.8. The Bertz CT molecular complexity index is 1360. The fraction of sp³-hybridized carbons (Fsp3) is 0.0769. The van der Waals surface area contributed by atoms with Crippen LogP contribution >= 0.6 is 11.6 Å². The normalized spacial score (nSPS) is 13.2. The first-order valence-electron chi connectivity index (χ1n) is 10.4. The number of halogens is 1. The molecule has 1 aliphatic rings. The third kappa shape index (κ3) is 4.92. The van der Waals surface area contributed by atoms with Gasteiger partial charge in [-0.15, -0.1) is 0 Å². The van der Waals surface area contributed by atoms with E-state index < -0.39 is 17.8 Å². The van der Waals surface area contributed by atoms with Gasteiger partial charge < -0.3 is 14.8 Å². The fourth-order valence-corrected chi connectivity index (χ4v) is 3.57. The molecule has 1 aliphatic heterocycles. The van der Waals surface area contributed by atoms with E-state index in [0.717, 1.165) is 4.90 Å². The van der Waals surface area contributed by atoms with E-state index in [1.165, 1.54) is 38.3 Å². The van der Waals surface area contributed by atoms with Gasteiger partial charge in [-0.25, -0.2) is 9.69 Å². The summed E-state index contributed by atoms with van der Waals surface area (Å²) in [6.45, 7) is 1.45. The van der Waals surface area contributed by atoms with Crippen LogP contribution < -0.4 is 19.7 Å². The van der Waals surface area contributed by atoms with Crippen LogP contribution in [0.1, 0.15) is 27.6 Å². The molecule has 0 bridgehead atoms. The molecule has 0 aliphatic carbocycles. The number of imide groups is 1. The van der Waals surface area contributed by atoms with Gasteiger partial charge in [-0.2, -0.15) is 0 Å². The molecule has 4 rings (SSSR count). The van der Waals surface area contributed by atoms with Crippen molar-refractivity contribution in [2.24, 2.45) is 0 Å². The molecule has 1 N–H and O–H groups in total. The van der Waals surface area contributed by atoms with Gasteiger partial charge in [0.25, 0.3) is 11.8 Å². The molecule has 0 radical (unpaired) electrons. The SMILES string of the molecule is COc1cccc(N2C(=O)C(Cl)=C(Nc3ccc(C(=O)Oc4ccc(C(C)=O)cc4)cc3)C2=O)c1. The van der Waals surface area contributed by atoms with Crippen LogP contribution in [-0.2, 0) is 9.59 Å². The molecule has 0 fully saturated rings. The molecule has 3 aromatic carbocycles. The van der Waals surface area contributed by atoms with Crippen LogP contribution in [0, 0.1) is 0 Å². The van der Waals surface area contributed by atoms with E-state index in [2.05, 4.69) is 5.32 Å². The Balaban J connectivity index is 1.46. The maximum absolute atomic E-state index is 12.9. The van der Waals surface area contributed by atoms with Crippen molar-refractivity contribution >= 4 is 46.5 Å². The van der Waals surface area contributed by atoms with E-state index >= 15 is 0 Å². The molecular weight excluding hydrogens is 472 g/mol. The molecule has 8 nitrogen and oxygen atoms in total. The minimum atomic E-state index is -0.664. The number of anilines is 2. The van der Waals surface area contributed by atoms with Gasteiger partial charge in [0.1, 0.15) is 22.2 Å². The van der Waals surface area contributed by atoms with Crippen LogP contribution in [0.5, 0.6) is 11.5 Å². The maximum atomic E-state index is 12.9. The molecule has 0 saturated heterocycles. The predicted molar refractivity (Wildman–Crippen MR) is 130 cm³/mol. The van der Waals surface area contributed by atoms with Gasteiger partial charge >= 0.3 is 5.97 Å². The molecule has 0 atom stereocenters. The Hall–Kier alpha value is -4.43. The van der Waals surface area contributed by atoms with Gasteiger partial charge in [-0.05, 0) is 67.6 Å². The molecule has 0 aromatic heterocycles. The van der Waals surface area contributed by atoms with E-state index in [0.29, 0.717) is 28.4 Å². The van der Waals surface area contributed by atoms with Gasteiger partial charge in [-0.1, -0.05) is 17.7 Å². The maximum Gasteiger partial charge on any atom is 0.343 e. The molecule has 0 unspecified atom stereocenters. The van der Waals surface area contributed by atoms with E-state index in [-0.39, 0.29) is 22.1 Å². The Morgan fingerprint density at radius 2 is 1.51 bits per heavy atom. The number of amides is 2. The Kier molecular flexibility index (Phi) is 6.66. The lowest BCUT2D eigenvalue weighted by atomic mass is 10.1. The van der Waals surface area contributed by atoms with Crippen molar-refractivity contribution in [3.8, 4) is 11.5 Å². The first kappa shape index (κ1) is 23.7. The summed E-state index contributed by atoms with van der Waals surface area (Å²) < 4.78 is 10.5. The van der Waals surface area contributed by atoms with Crippen molar-refractivity contribution < 1.29 is 28.7 Å². The van der Waals surface area contributed by atoms with Crippen molar-refractivity contribution in [1.29, 1.82) is 0 Å². The molecule has 1 heterocycles. The number of nitrogens with one attached hydrogen (secondary N) is 1. The van der Waals surface area contributed by atoms with Crippen LogP contribution in [0.15, 0.2) is 83.5 Å².